The Bertz CT molecular complexity index is 721. The molecule has 0 aliphatic heterocycles. The Morgan fingerprint density at radius 3 is 2.00 bits per heavy atom. The normalized spacial score (nSPS) is 10.4. The van der Waals surface area contributed by atoms with Crippen LogP contribution in [0.4, 0.5) is 0 Å². The SMILES string of the molecule is C=C(C)c1ccc(C)cc1.C=C/C=C\CC.CCc1cccc(C(C)(C)C)c1. The predicted molar refractivity (Wildman–Crippen MR) is 130 cm³/mol. The lowest BCUT2D eigenvalue weighted by Gasteiger charge is -2.19. The Morgan fingerprint density at radius 1 is 1.00 bits per heavy atom. The first kappa shape index (κ1) is 25.7. The highest BCUT2D eigenvalue weighted by atomic mass is 14.2. The van der Waals surface area contributed by atoms with Gasteiger partial charge in [-0.25, -0.2) is 0 Å². The summed E-state index contributed by atoms with van der Waals surface area (Å²) in [6, 6.07) is 17.2. The van der Waals surface area contributed by atoms with Gasteiger partial charge in [-0.1, -0.05) is 126 Å². The summed E-state index contributed by atoms with van der Waals surface area (Å²) >= 11 is 0. The highest BCUT2D eigenvalue weighted by Gasteiger charge is 2.12. The summed E-state index contributed by atoms with van der Waals surface area (Å²) in [5.41, 5.74) is 6.80. The van der Waals surface area contributed by atoms with Gasteiger partial charge >= 0.3 is 0 Å². The Balaban J connectivity index is 0.000000414. The summed E-state index contributed by atoms with van der Waals surface area (Å²) in [6.45, 7) is 22.5. The Morgan fingerprint density at radius 2 is 1.61 bits per heavy atom. The Labute approximate surface area is 174 Å². The van der Waals surface area contributed by atoms with E-state index < -0.39 is 0 Å². The van der Waals surface area contributed by atoms with Crippen LogP contribution in [0.15, 0.2) is 79.9 Å². The maximum Gasteiger partial charge on any atom is -0.0132 e. The number of allylic oxidation sites excluding steroid dienone is 4. The van der Waals surface area contributed by atoms with Crippen LogP contribution in [0.2, 0.25) is 0 Å². The van der Waals surface area contributed by atoms with Crippen molar-refractivity contribution in [2.45, 2.75) is 66.7 Å². The fourth-order valence-electron chi connectivity index (χ4n) is 2.33. The average Bonchev–Trinajstić information content (AvgIpc) is 2.67. The van der Waals surface area contributed by atoms with E-state index in [-0.39, 0.29) is 5.41 Å². The van der Waals surface area contributed by atoms with Gasteiger partial charge < -0.3 is 0 Å². The van der Waals surface area contributed by atoms with E-state index in [9.17, 15) is 0 Å². The Kier molecular flexibility index (Phi) is 12.6. The van der Waals surface area contributed by atoms with E-state index in [1.165, 1.54) is 22.3 Å². The molecular formula is C28H40. The molecule has 0 N–H and O–H groups in total. The Hall–Kier alpha value is -2.34. The standard InChI is InChI=1S/C12H18.C10H12.C6H10/c1-5-10-7-6-8-11(9-10)12(2,3)4;1-8(2)10-6-4-9(3)5-7-10;1-3-5-6-4-2/h6-9H,5H2,1-4H3;4-7H,1H2,2-3H3;3,5-6H,1,4H2,2H3/b;;6-5-. The number of rotatable bonds is 4. The lowest BCUT2D eigenvalue weighted by atomic mass is 9.86. The quantitative estimate of drug-likeness (QED) is 0.468. The van der Waals surface area contributed by atoms with Crippen LogP contribution in [0.3, 0.4) is 0 Å². The first-order valence-corrected chi connectivity index (χ1v) is 10.2. The molecule has 0 saturated heterocycles. The summed E-state index contributed by atoms with van der Waals surface area (Å²) < 4.78 is 0. The second kappa shape index (κ2) is 13.8. The van der Waals surface area contributed by atoms with Gasteiger partial charge in [-0.05, 0) is 48.8 Å². The van der Waals surface area contributed by atoms with Gasteiger partial charge in [0.15, 0.2) is 0 Å². The molecule has 0 saturated carbocycles. The van der Waals surface area contributed by atoms with Crippen LogP contribution in [0.5, 0.6) is 0 Å². The van der Waals surface area contributed by atoms with Gasteiger partial charge in [0.1, 0.15) is 0 Å². The van der Waals surface area contributed by atoms with Crippen LogP contribution in [0.1, 0.15) is 70.2 Å². The zero-order valence-corrected chi connectivity index (χ0v) is 19.2. The number of hydrogen-bond acceptors (Lipinski definition) is 0. The molecule has 0 unspecified atom stereocenters. The summed E-state index contributed by atoms with van der Waals surface area (Å²) in [5, 5.41) is 0. The number of hydrogen-bond donors (Lipinski definition) is 0. The van der Waals surface area contributed by atoms with Crippen LogP contribution in [-0.2, 0) is 11.8 Å². The third kappa shape index (κ3) is 11.4. The second-order valence-corrected chi connectivity index (χ2v) is 8.02. The minimum absolute atomic E-state index is 0.283. The van der Waals surface area contributed by atoms with Crippen LogP contribution >= 0.6 is 0 Å². The van der Waals surface area contributed by atoms with Crippen LogP contribution in [0, 0.1) is 6.92 Å². The minimum atomic E-state index is 0.283. The largest absolute Gasteiger partial charge is 0.0991 e. The van der Waals surface area contributed by atoms with E-state index in [0.29, 0.717) is 0 Å². The van der Waals surface area contributed by atoms with Crippen molar-refractivity contribution in [3.8, 4) is 0 Å². The molecule has 0 amide bonds. The molecule has 0 heteroatoms. The highest BCUT2D eigenvalue weighted by Crippen LogP contribution is 2.22. The lowest BCUT2D eigenvalue weighted by Crippen LogP contribution is -2.10. The lowest BCUT2D eigenvalue weighted by molar-refractivity contribution is 0.589. The van der Waals surface area contributed by atoms with Gasteiger partial charge in [0, 0.05) is 0 Å². The third-order valence-corrected chi connectivity index (χ3v) is 4.25. The van der Waals surface area contributed by atoms with Crippen LogP contribution in [0.25, 0.3) is 5.57 Å². The molecule has 0 bridgehead atoms. The van der Waals surface area contributed by atoms with E-state index in [2.05, 4.69) is 109 Å². The fraction of sp³-hybridized carbons (Fsp3) is 0.357. The number of benzene rings is 2. The molecule has 2 aromatic carbocycles. The summed E-state index contributed by atoms with van der Waals surface area (Å²) in [5.74, 6) is 0. The minimum Gasteiger partial charge on any atom is -0.0991 e. The van der Waals surface area contributed by atoms with Crippen LogP contribution < -0.4 is 0 Å². The zero-order chi connectivity index (χ0) is 21.6. The monoisotopic (exact) mass is 376 g/mol. The third-order valence-electron chi connectivity index (χ3n) is 4.25. The zero-order valence-electron chi connectivity index (χ0n) is 19.2. The van der Waals surface area contributed by atoms with Gasteiger partial charge in [-0.3, -0.25) is 0 Å². The molecule has 28 heavy (non-hydrogen) atoms. The van der Waals surface area contributed by atoms with Crippen molar-refractivity contribution >= 4 is 5.57 Å². The number of aryl methyl sites for hydroxylation is 2. The van der Waals surface area contributed by atoms with Crippen LogP contribution in [-0.4, -0.2) is 0 Å². The smallest absolute Gasteiger partial charge is 0.0132 e. The fourth-order valence-corrected chi connectivity index (χ4v) is 2.33. The summed E-state index contributed by atoms with van der Waals surface area (Å²) in [7, 11) is 0. The van der Waals surface area contributed by atoms with Gasteiger partial charge in [-0.15, -0.1) is 0 Å². The van der Waals surface area contributed by atoms with Crippen molar-refractivity contribution in [2.24, 2.45) is 0 Å². The van der Waals surface area contributed by atoms with Gasteiger partial charge in [0.05, 0.1) is 0 Å². The molecule has 0 atom stereocenters. The molecule has 0 aliphatic carbocycles. The van der Waals surface area contributed by atoms with E-state index in [4.69, 9.17) is 0 Å². The van der Waals surface area contributed by atoms with E-state index in [1.54, 1.807) is 6.08 Å². The maximum atomic E-state index is 3.86. The average molecular weight is 377 g/mol. The maximum absolute atomic E-state index is 3.86. The molecule has 0 radical (unpaired) electrons. The first-order chi connectivity index (χ1) is 13.1. The highest BCUT2D eigenvalue weighted by molar-refractivity contribution is 5.61. The molecule has 0 heterocycles. The van der Waals surface area contributed by atoms with Gasteiger partial charge in [0.25, 0.3) is 0 Å². The van der Waals surface area contributed by atoms with E-state index in [1.807, 2.05) is 13.0 Å². The molecule has 2 rings (SSSR count). The van der Waals surface area contributed by atoms with Gasteiger partial charge in [0.2, 0.25) is 0 Å². The molecule has 0 spiro atoms. The van der Waals surface area contributed by atoms with Crippen molar-refractivity contribution in [3.63, 3.8) is 0 Å². The van der Waals surface area contributed by atoms with Crippen molar-refractivity contribution < 1.29 is 0 Å². The van der Waals surface area contributed by atoms with Crippen molar-refractivity contribution in [1.82, 2.24) is 0 Å². The molecular weight excluding hydrogens is 336 g/mol. The molecule has 152 valence electrons. The van der Waals surface area contributed by atoms with E-state index in [0.717, 1.165) is 18.4 Å². The van der Waals surface area contributed by atoms with Crippen molar-refractivity contribution in [1.29, 1.82) is 0 Å². The molecule has 2 aromatic rings. The van der Waals surface area contributed by atoms with Crippen molar-refractivity contribution in [3.05, 3.63) is 102 Å². The summed E-state index contributed by atoms with van der Waals surface area (Å²) in [6.07, 6.45) is 8.02. The van der Waals surface area contributed by atoms with Crippen molar-refractivity contribution in [2.75, 3.05) is 0 Å². The molecule has 0 fully saturated rings. The first-order valence-electron chi connectivity index (χ1n) is 10.2. The van der Waals surface area contributed by atoms with E-state index >= 15 is 0 Å². The molecule has 0 aromatic heterocycles. The summed E-state index contributed by atoms with van der Waals surface area (Å²) in [4.78, 5) is 0. The van der Waals surface area contributed by atoms with Gasteiger partial charge in [-0.2, -0.15) is 0 Å². The predicted octanol–water partition coefficient (Wildman–Crippen LogP) is 8.71. The topological polar surface area (TPSA) is 0 Å². The molecule has 0 nitrogen and oxygen atoms in total. The molecule has 0 aliphatic rings. The second-order valence-electron chi connectivity index (χ2n) is 8.02.